The molecule has 1 heterocycles. The van der Waals surface area contributed by atoms with Gasteiger partial charge in [0, 0.05) is 19.2 Å². The minimum absolute atomic E-state index is 0.217. The number of aryl methyl sites for hydroxylation is 1. The average Bonchev–Trinajstić information content (AvgIpc) is 3.13. The summed E-state index contributed by atoms with van der Waals surface area (Å²) in [7, 11) is 6.41. The van der Waals surface area contributed by atoms with Crippen LogP contribution in [0.25, 0.3) is 11.3 Å². The van der Waals surface area contributed by atoms with Gasteiger partial charge in [-0.2, -0.15) is 5.10 Å². The monoisotopic (exact) mass is 381 g/mol. The van der Waals surface area contributed by atoms with Crippen molar-refractivity contribution >= 4 is 5.91 Å². The second-order valence-electron chi connectivity index (χ2n) is 6.12. The van der Waals surface area contributed by atoms with Crippen LogP contribution in [0.4, 0.5) is 0 Å². The number of aromatic nitrogens is 2. The largest absolute Gasteiger partial charge is 0.493 e. The third kappa shape index (κ3) is 3.93. The SMILES string of the molecule is COc1cc(CNC(=O)c2cc(-c3ccccc3)nn2C)cc(OC)c1OC. The number of carbonyl (C=O) groups excluding carboxylic acids is 1. The summed E-state index contributed by atoms with van der Waals surface area (Å²) >= 11 is 0. The topological polar surface area (TPSA) is 74.6 Å². The van der Waals surface area contributed by atoms with Crippen molar-refractivity contribution < 1.29 is 19.0 Å². The molecule has 0 aliphatic rings. The van der Waals surface area contributed by atoms with Crippen LogP contribution in [0.5, 0.6) is 17.2 Å². The molecule has 146 valence electrons. The van der Waals surface area contributed by atoms with E-state index in [9.17, 15) is 4.79 Å². The molecule has 0 atom stereocenters. The number of carbonyl (C=O) groups is 1. The first-order valence-corrected chi connectivity index (χ1v) is 8.74. The Labute approximate surface area is 163 Å². The number of hydrogen-bond donors (Lipinski definition) is 1. The van der Waals surface area contributed by atoms with Gasteiger partial charge in [0.1, 0.15) is 5.69 Å². The molecule has 1 aromatic heterocycles. The lowest BCUT2D eigenvalue weighted by atomic mass is 10.1. The van der Waals surface area contributed by atoms with Crippen molar-refractivity contribution in [3.8, 4) is 28.5 Å². The smallest absolute Gasteiger partial charge is 0.269 e. The summed E-state index contributed by atoms with van der Waals surface area (Å²) in [6.45, 7) is 0.307. The van der Waals surface area contributed by atoms with Crippen molar-refractivity contribution in [1.29, 1.82) is 0 Å². The molecular weight excluding hydrogens is 358 g/mol. The molecule has 0 saturated heterocycles. The van der Waals surface area contributed by atoms with E-state index < -0.39 is 0 Å². The molecule has 0 fully saturated rings. The number of nitrogens with one attached hydrogen (secondary N) is 1. The number of benzene rings is 2. The molecule has 7 heteroatoms. The Morgan fingerprint density at radius 3 is 2.21 bits per heavy atom. The van der Waals surface area contributed by atoms with Gasteiger partial charge in [0.05, 0.1) is 27.0 Å². The van der Waals surface area contributed by atoms with Crippen LogP contribution < -0.4 is 19.5 Å². The molecule has 0 bridgehead atoms. The lowest BCUT2D eigenvalue weighted by Gasteiger charge is -2.14. The highest BCUT2D eigenvalue weighted by atomic mass is 16.5. The molecule has 2 aromatic carbocycles. The zero-order chi connectivity index (χ0) is 20.1. The molecule has 0 saturated carbocycles. The molecule has 7 nitrogen and oxygen atoms in total. The summed E-state index contributed by atoms with van der Waals surface area (Å²) in [5.74, 6) is 1.38. The molecule has 0 aliphatic heterocycles. The molecule has 0 aliphatic carbocycles. The van der Waals surface area contributed by atoms with Gasteiger partial charge in [-0.05, 0) is 23.8 Å². The lowest BCUT2D eigenvalue weighted by molar-refractivity contribution is 0.0941. The van der Waals surface area contributed by atoms with Crippen LogP contribution in [0, 0.1) is 0 Å². The van der Waals surface area contributed by atoms with E-state index in [1.807, 2.05) is 30.3 Å². The standard InChI is InChI=1S/C21H23N3O4/c1-24-17(12-16(23-24)15-8-6-5-7-9-15)21(25)22-13-14-10-18(26-2)20(28-4)19(11-14)27-3/h5-12H,13H2,1-4H3,(H,22,25). The first kappa shape index (κ1) is 19.3. The van der Waals surface area contributed by atoms with Gasteiger partial charge in [-0.15, -0.1) is 0 Å². The molecule has 0 unspecified atom stereocenters. The Hall–Kier alpha value is -3.48. The van der Waals surface area contributed by atoms with Crippen molar-refractivity contribution in [3.05, 3.63) is 59.8 Å². The number of hydrogen-bond acceptors (Lipinski definition) is 5. The van der Waals surface area contributed by atoms with Crippen LogP contribution in [0.3, 0.4) is 0 Å². The highest BCUT2D eigenvalue weighted by Gasteiger charge is 2.16. The molecule has 1 amide bonds. The molecule has 0 spiro atoms. The summed E-state index contributed by atoms with van der Waals surface area (Å²) in [6, 6.07) is 15.1. The first-order chi connectivity index (χ1) is 13.6. The fourth-order valence-electron chi connectivity index (χ4n) is 2.94. The lowest BCUT2D eigenvalue weighted by Crippen LogP contribution is -2.25. The fraction of sp³-hybridized carbons (Fsp3) is 0.238. The highest BCUT2D eigenvalue weighted by Crippen LogP contribution is 2.38. The van der Waals surface area contributed by atoms with Gasteiger partial charge in [0.2, 0.25) is 5.75 Å². The Bertz CT molecular complexity index is 942. The van der Waals surface area contributed by atoms with E-state index in [1.165, 1.54) is 0 Å². The van der Waals surface area contributed by atoms with Crippen LogP contribution in [-0.2, 0) is 13.6 Å². The van der Waals surface area contributed by atoms with Gasteiger partial charge >= 0.3 is 0 Å². The maximum atomic E-state index is 12.7. The molecule has 0 radical (unpaired) electrons. The number of rotatable bonds is 7. The Balaban J connectivity index is 1.77. The van der Waals surface area contributed by atoms with E-state index in [1.54, 1.807) is 51.3 Å². The summed E-state index contributed by atoms with van der Waals surface area (Å²) < 4.78 is 17.6. The van der Waals surface area contributed by atoms with E-state index in [4.69, 9.17) is 14.2 Å². The molecular formula is C21H23N3O4. The maximum Gasteiger partial charge on any atom is 0.269 e. The number of ether oxygens (including phenoxy) is 3. The molecule has 1 N–H and O–H groups in total. The van der Waals surface area contributed by atoms with Crippen molar-refractivity contribution in [2.75, 3.05) is 21.3 Å². The second-order valence-corrected chi connectivity index (χ2v) is 6.12. The minimum Gasteiger partial charge on any atom is -0.493 e. The van der Waals surface area contributed by atoms with Gasteiger partial charge in [0.15, 0.2) is 11.5 Å². The first-order valence-electron chi connectivity index (χ1n) is 8.74. The maximum absolute atomic E-state index is 12.7. The zero-order valence-corrected chi connectivity index (χ0v) is 16.4. The van der Waals surface area contributed by atoms with Gasteiger partial charge in [-0.1, -0.05) is 30.3 Å². The molecule has 3 aromatic rings. The number of methoxy groups -OCH3 is 3. The van der Waals surface area contributed by atoms with E-state index >= 15 is 0 Å². The van der Waals surface area contributed by atoms with E-state index in [0.29, 0.717) is 29.5 Å². The third-order valence-corrected chi connectivity index (χ3v) is 4.36. The van der Waals surface area contributed by atoms with Crippen molar-refractivity contribution in [2.24, 2.45) is 7.05 Å². The van der Waals surface area contributed by atoms with Crippen molar-refractivity contribution in [2.45, 2.75) is 6.54 Å². The average molecular weight is 381 g/mol. The van der Waals surface area contributed by atoms with Gasteiger partial charge in [0.25, 0.3) is 5.91 Å². The van der Waals surface area contributed by atoms with Crippen LogP contribution in [0.15, 0.2) is 48.5 Å². The Morgan fingerprint density at radius 2 is 1.64 bits per heavy atom. The van der Waals surface area contributed by atoms with Crippen molar-refractivity contribution in [3.63, 3.8) is 0 Å². The van der Waals surface area contributed by atoms with Crippen LogP contribution in [0.2, 0.25) is 0 Å². The highest BCUT2D eigenvalue weighted by molar-refractivity contribution is 5.93. The summed E-state index contributed by atoms with van der Waals surface area (Å²) in [5.41, 5.74) is 3.02. The molecule has 3 rings (SSSR count). The van der Waals surface area contributed by atoms with Gasteiger partial charge in [-0.25, -0.2) is 0 Å². The summed E-state index contributed by atoms with van der Waals surface area (Å²) in [5, 5.41) is 7.34. The minimum atomic E-state index is -0.217. The van der Waals surface area contributed by atoms with E-state index in [2.05, 4.69) is 10.4 Å². The van der Waals surface area contributed by atoms with Crippen LogP contribution in [0.1, 0.15) is 16.1 Å². The van der Waals surface area contributed by atoms with Crippen LogP contribution >= 0.6 is 0 Å². The van der Waals surface area contributed by atoms with Gasteiger partial charge < -0.3 is 19.5 Å². The Morgan fingerprint density at radius 1 is 1.00 bits per heavy atom. The third-order valence-electron chi connectivity index (χ3n) is 4.36. The predicted octanol–water partition coefficient (Wildman–Crippen LogP) is 3.04. The fourth-order valence-corrected chi connectivity index (χ4v) is 2.94. The second kappa shape index (κ2) is 8.47. The van der Waals surface area contributed by atoms with E-state index in [0.717, 1.165) is 16.8 Å². The summed E-state index contributed by atoms with van der Waals surface area (Å²) in [4.78, 5) is 12.7. The normalized spacial score (nSPS) is 10.4. The number of amides is 1. The van der Waals surface area contributed by atoms with Crippen LogP contribution in [-0.4, -0.2) is 37.0 Å². The quantitative estimate of drug-likeness (QED) is 0.681. The number of nitrogens with zero attached hydrogens (tertiary/aromatic N) is 2. The van der Waals surface area contributed by atoms with Gasteiger partial charge in [-0.3, -0.25) is 9.48 Å². The van der Waals surface area contributed by atoms with Crippen molar-refractivity contribution in [1.82, 2.24) is 15.1 Å². The Kier molecular flexibility index (Phi) is 5.84. The predicted molar refractivity (Wildman–Crippen MR) is 106 cm³/mol. The van der Waals surface area contributed by atoms with E-state index in [-0.39, 0.29) is 5.91 Å². The summed E-state index contributed by atoms with van der Waals surface area (Å²) in [6.07, 6.45) is 0. The zero-order valence-electron chi connectivity index (χ0n) is 16.4. The molecule has 28 heavy (non-hydrogen) atoms.